The number of hydrogen-bond acceptors (Lipinski definition) is 4. The second kappa shape index (κ2) is 4.55. The van der Waals surface area contributed by atoms with Crippen LogP contribution in [0.5, 0.6) is 0 Å². The number of hydrogen-bond donors (Lipinski definition) is 1. The van der Waals surface area contributed by atoms with Gasteiger partial charge < -0.3 is 10.0 Å². The quantitative estimate of drug-likeness (QED) is 0.888. The van der Waals surface area contributed by atoms with Crippen molar-refractivity contribution in [2.45, 2.75) is 17.1 Å². The summed E-state index contributed by atoms with van der Waals surface area (Å²) in [6.45, 7) is 1.58. The van der Waals surface area contributed by atoms with Crippen molar-refractivity contribution in [2.24, 2.45) is 0 Å². The molecule has 1 atom stereocenters. The minimum absolute atomic E-state index is 0.193. The molecule has 1 aliphatic rings. The van der Waals surface area contributed by atoms with Gasteiger partial charge in [-0.05, 0) is 25.1 Å². The van der Waals surface area contributed by atoms with Crippen LogP contribution >= 0.6 is 15.9 Å². The van der Waals surface area contributed by atoms with Crippen LogP contribution in [0.15, 0.2) is 27.6 Å². The smallest absolute Gasteiger partial charge is 0.323 e. The van der Waals surface area contributed by atoms with Crippen LogP contribution in [-0.4, -0.2) is 37.8 Å². The number of halogens is 1. The zero-order chi connectivity index (χ0) is 13.5. The van der Waals surface area contributed by atoms with Crippen molar-refractivity contribution in [1.82, 2.24) is 0 Å². The van der Waals surface area contributed by atoms with E-state index in [-0.39, 0.29) is 18.0 Å². The molecule has 5 nitrogen and oxygen atoms in total. The number of fused-ring (bicyclic) bond motifs is 1. The van der Waals surface area contributed by atoms with Gasteiger partial charge in [0.15, 0.2) is 9.84 Å². The molecule has 1 aliphatic heterocycles. The number of benzene rings is 1. The van der Waals surface area contributed by atoms with Gasteiger partial charge in [-0.3, -0.25) is 4.79 Å². The average Bonchev–Trinajstić information content (AvgIpc) is 2.25. The number of aliphatic carboxylic acids is 1. The van der Waals surface area contributed by atoms with Gasteiger partial charge in [-0.2, -0.15) is 0 Å². The molecule has 1 unspecified atom stereocenters. The van der Waals surface area contributed by atoms with Crippen molar-refractivity contribution < 1.29 is 18.3 Å². The van der Waals surface area contributed by atoms with Crippen LogP contribution < -0.4 is 4.90 Å². The Morgan fingerprint density at radius 2 is 2.22 bits per heavy atom. The van der Waals surface area contributed by atoms with Crippen molar-refractivity contribution in [2.75, 3.05) is 18.0 Å². The van der Waals surface area contributed by atoms with Crippen LogP contribution in [0.1, 0.15) is 6.92 Å². The maximum Gasteiger partial charge on any atom is 0.323 e. The predicted molar refractivity (Wildman–Crippen MR) is 70.6 cm³/mol. The normalized spacial score (nSPS) is 21.4. The molecule has 0 saturated heterocycles. The third kappa shape index (κ3) is 2.24. The lowest BCUT2D eigenvalue weighted by atomic mass is 10.2. The molecule has 1 aromatic rings. The Labute approximate surface area is 113 Å². The topological polar surface area (TPSA) is 74.7 Å². The van der Waals surface area contributed by atoms with Crippen LogP contribution in [0.25, 0.3) is 0 Å². The lowest BCUT2D eigenvalue weighted by Gasteiger charge is -2.33. The summed E-state index contributed by atoms with van der Waals surface area (Å²) in [5.41, 5.74) is 0.449. The fraction of sp³-hybridized carbons (Fsp3) is 0.364. The Morgan fingerprint density at radius 3 is 2.83 bits per heavy atom. The van der Waals surface area contributed by atoms with Crippen LogP contribution in [0, 0.1) is 0 Å². The van der Waals surface area contributed by atoms with E-state index < -0.39 is 21.1 Å². The molecular weight excluding hydrogens is 322 g/mol. The Kier molecular flexibility index (Phi) is 3.37. The van der Waals surface area contributed by atoms with E-state index in [9.17, 15) is 13.2 Å². The van der Waals surface area contributed by atoms with E-state index in [1.54, 1.807) is 24.0 Å². The first-order valence-electron chi connectivity index (χ1n) is 5.32. The molecule has 0 bridgehead atoms. The second-order valence-corrected chi connectivity index (χ2v) is 7.49. The van der Waals surface area contributed by atoms with E-state index in [2.05, 4.69) is 15.9 Å². The van der Waals surface area contributed by atoms with Crippen molar-refractivity contribution in [1.29, 1.82) is 0 Å². The highest BCUT2D eigenvalue weighted by Gasteiger charge is 2.35. The Morgan fingerprint density at radius 1 is 1.56 bits per heavy atom. The van der Waals surface area contributed by atoms with Gasteiger partial charge >= 0.3 is 5.97 Å². The van der Waals surface area contributed by atoms with E-state index in [0.717, 1.165) is 4.47 Å². The molecule has 0 aliphatic carbocycles. The number of carboxylic acids is 1. The molecule has 0 saturated carbocycles. The highest BCUT2D eigenvalue weighted by Crippen LogP contribution is 2.35. The van der Waals surface area contributed by atoms with Gasteiger partial charge in [-0.15, -0.1) is 0 Å². The number of nitrogens with zero attached hydrogens (tertiary/aromatic N) is 1. The fourth-order valence-electron chi connectivity index (χ4n) is 2.01. The lowest BCUT2D eigenvalue weighted by molar-refractivity contribution is -0.135. The Balaban J connectivity index is 2.58. The SMILES string of the molecule is CC1CN(CC(=O)O)c2cc(Br)ccc2S1(=O)=O. The van der Waals surface area contributed by atoms with Gasteiger partial charge in [0.2, 0.25) is 0 Å². The predicted octanol–water partition coefficient (Wildman–Crippen LogP) is 1.52. The van der Waals surface area contributed by atoms with Crippen LogP contribution in [0.2, 0.25) is 0 Å². The van der Waals surface area contributed by atoms with Crippen molar-refractivity contribution in [3.05, 3.63) is 22.7 Å². The second-order valence-electron chi connectivity index (χ2n) is 4.24. The number of rotatable bonds is 2. The van der Waals surface area contributed by atoms with Gasteiger partial charge in [0.05, 0.1) is 15.8 Å². The summed E-state index contributed by atoms with van der Waals surface area (Å²) < 4.78 is 25.0. The van der Waals surface area contributed by atoms with Crippen LogP contribution in [0.3, 0.4) is 0 Å². The van der Waals surface area contributed by atoms with Crippen LogP contribution in [-0.2, 0) is 14.6 Å². The van der Waals surface area contributed by atoms with Crippen molar-refractivity contribution in [3.63, 3.8) is 0 Å². The number of sulfone groups is 1. The monoisotopic (exact) mass is 333 g/mol. The molecule has 1 heterocycles. The van der Waals surface area contributed by atoms with Gasteiger partial charge in [-0.25, -0.2) is 8.42 Å². The minimum Gasteiger partial charge on any atom is -0.480 e. The summed E-state index contributed by atoms with van der Waals surface area (Å²) >= 11 is 3.27. The van der Waals surface area contributed by atoms with E-state index in [1.807, 2.05) is 0 Å². The lowest BCUT2D eigenvalue weighted by Crippen LogP contribution is -2.43. The summed E-state index contributed by atoms with van der Waals surface area (Å²) in [6.07, 6.45) is 0. The van der Waals surface area contributed by atoms with Crippen LogP contribution in [0.4, 0.5) is 5.69 Å². The summed E-state index contributed by atoms with van der Waals surface area (Å²) in [4.78, 5) is 12.6. The average molecular weight is 334 g/mol. The molecule has 0 fully saturated rings. The molecule has 7 heteroatoms. The maximum atomic E-state index is 12.2. The largest absolute Gasteiger partial charge is 0.480 e. The highest BCUT2D eigenvalue weighted by molar-refractivity contribution is 9.10. The van der Waals surface area contributed by atoms with Gasteiger partial charge in [0.1, 0.15) is 6.54 Å². The standard InChI is InChI=1S/C11H12BrNO4S/c1-7-5-13(6-11(14)15)9-4-8(12)2-3-10(9)18(7,16)17/h2-4,7H,5-6H2,1H3,(H,14,15). The van der Waals surface area contributed by atoms with Gasteiger partial charge in [-0.1, -0.05) is 15.9 Å². The minimum atomic E-state index is -3.36. The number of anilines is 1. The third-order valence-electron chi connectivity index (χ3n) is 2.90. The van der Waals surface area contributed by atoms with E-state index in [4.69, 9.17) is 5.11 Å². The molecule has 1 aromatic carbocycles. The summed E-state index contributed by atoms with van der Waals surface area (Å²) in [5.74, 6) is -0.979. The molecule has 1 N–H and O–H groups in total. The molecule has 18 heavy (non-hydrogen) atoms. The number of carboxylic acid groups (broad SMARTS) is 1. The Hall–Kier alpha value is -1.08. The first-order chi connectivity index (χ1) is 8.32. The molecule has 0 amide bonds. The summed E-state index contributed by atoms with van der Waals surface area (Å²) in [5, 5.41) is 8.27. The number of carbonyl (C=O) groups is 1. The third-order valence-corrected chi connectivity index (χ3v) is 5.56. The summed E-state index contributed by atoms with van der Waals surface area (Å²) in [6, 6.07) is 4.80. The van der Waals surface area contributed by atoms with Gasteiger partial charge in [0, 0.05) is 11.0 Å². The molecule has 98 valence electrons. The van der Waals surface area contributed by atoms with Gasteiger partial charge in [0.25, 0.3) is 0 Å². The molecule has 0 radical (unpaired) electrons. The first-order valence-corrected chi connectivity index (χ1v) is 7.66. The fourth-order valence-corrected chi connectivity index (χ4v) is 3.91. The molecular formula is C11H12BrNO4S. The molecule has 0 spiro atoms. The molecule has 2 rings (SSSR count). The molecule has 0 aromatic heterocycles. The van der Waals surface area contributed by atoms with E-state index >= 15 is 0 Å². The Bertz CT molecular complexity index is 599. The summed E-state index contributed by atoms with van der Waals surface area (Å²) in [7, 11) is -3.36. The zero-order valence-electron chi connectivity index (χ0n) is 9.63. The van der Waals surface area contributed by atoms with Crippen molar-refractivity contribution in [3.8, 4) is 0 Å². The van der Waals surface area contributed by atoms with E-state index in [1.165, 1.54) is 6.07 Å². The van der Waals surface area contributed by atoms with E-state index in [0.29, 0.717) is 5.69 Å². The highest BCUT2D eigenvalue weighted by atomic mass is 79.9. The first kappa shape index (κ1) is 13.4. The zero-order valence-corrected chi connectivity index (χ0v) is 12.0. The van der Waals surface area contributed by atoms with Crippen molar-refractivity contribution >= 4 is 37.4 Å². The maximum absolute atomic E-state index is 12.2.